The van der Waals surface area contributed by atoms with E-state index in [2.05, 4.69) is 15.4 Å². The third kappa shape index (κ3) is 2.69. The fraction of sp³-hybridized carbons (Fsp3) is 0.444. The number of hydrogen-bond donors (Lipinski definition) is 1. The number of rotatable bonds is 3. The molecule has 0 aliphatic carbocycles. The van der Waals surface area contributed by atoms with Gasteiger partial charge in [0.25, 0.3) is 5.91 Å². The highest BCUT2D eigenvalue weighted by molar-refractivity contribution is 5.98. The van der Waals surface area contributed by atoms with Gasteiger partial charge in [0, 0.05) is 19.6 Å². The maximum atomic E-state index is 13.3. The Balaban J connectivity index is 1.59. The van der Waals surface area contributed by atoms with Crippen LogP contribution in [0.5, 0.6) is 0 Å². The van der Waals surface area contributed by atoms with Gasteiger partial charge in [-0.2, -0.15) is 15.4 Å². The van der Waals surface area contributed by atoms with Crippen molar-refractivity contribution in [3.63, 3.8) is 0 Å². The molecule has 1 aromatic heterocycles. The van der Waals surface area contributed by atoms with Crippen LogP contribution in [-0.2, 0) is 11.3 Å². The summed E-state index contributed by atoms with van der Waals surface area (Å²) in [6.45, 7) is 1.92. The lowest BCUT2D eigenvalue weighted by Gasteiger charge is -2.44. The van der Waals surface area contributed by atoms with Crippen LogP contribution in [0.3, 0.4) is 0 Å². The number of piperidine rings is 1. The van der Waals surface area contributed by atoms with Gasteiger partial charge in [-0.1, -0.05) is 30.3 Å². The van der Waals surface area contributed by atoms with E-state index in [1.165, 1.54) is 6.20 Å². The van der Waals surface area contributed by atoms with E-state index in [0.29, 0.717) is 13.1 Å². The van der Waals surface area contributed by atoms with E-state index in [-0.39, 0.29) is 17.5 Å². The first-order valence-corrected chi connectivity index (χ1v) is 8.72. The average Bonchev–Trinajstić information content (AvgIpc) is 3.30. The van der Waals surface area contributed by atoms with Gasteiger partial charge in [-0.25, -0.2) is 0 Å². The minimum atomic E-state index is -0.719. The highest BCUT2D eigenvalue weighted by Crippen LogP contribution is 2.39. The summed E-state index contributed by atoms with van der Waals surface area (Å²) >= 11 is 0. The second-order valence-corrected chi connectivity index (χ2v) is 6.76. The van der Waals surface area contributed by atoms with Crippen molar-refractivity contribution in [3.8, 4) is 0 Å². The van der Waals surface area contributed by atoms with Crippen molar-refractivity contribution >= 4 is 11.8 Å². The number of carbonyl (C=O) groups excluding carboxylic acids is 2. The van der Waals surface area contributed by atoms with E-state index in [0.717, 1.165) is 37.8 Å². The van der Waals surface area contributed by atoms with Crippen LogP contribution in [0, 0.1) is 0 Å². The normalized spacial score (nSPS) is 23.4. The minimum absolute atomic E-state index is 0.0666. The molecule has 7 heteroatoms. The first-order valence-electron chi connectivity index (χ1n) is 8.72. The van der Waals surface area contributed by atoms with Crippen LogP contribution >= 0.6 is 0 Å². The summed E-state index contributed by atoms with van der Waals surface area (Å²) in [6.07, 6.45) is 4.61. The molecule has 2 saturated heterocycles. The highest BCUT2D eigenvalue weighted by atomic mass is 16.2. The number of carbonyl (C=O) groups is 2. The number of H-pyrrole nitrogens is 1. The Morgan fingerprint density at radius 1 is 1.16 bits per heavy atom. The van der Waals surface area contributed by atoms with Crippen molar-refractivity contribution in [2.75, 3.05) is 13.1 Å². The second kappa shape index (κ2) is 6.31. The lowest BCUT2D eigenvalue weighted by molar-refractivity contribution is -0.146. The minimum Gasteiger partial charge on any atom is -0.336 e. The molecule has 2 amide bonds. The third-order valence-corrected chi connectivity index (χ3v) is 5.29. The van der Waals surface area contributed by atoms with Crippen molar-refractivity contribution in [2.45, 2.75) is 37.8 Å². The number of aromatic amines is 1. The molecule has 130 valence electrons. The Bertz CT molecular complexity index is 761. The number of aromatic nitrogens is 3. The first kappa shape index (κ1) is 15.8. The molecule has 3 heterocycles. The quantitative estimate of drug-likeness (QED) is 0.921. The highest BCUT2D eigenvalue weighted by Gasteiger charge is 2.53. The standard InChI is InChI=1S/C18H21N5O2/c24-16(15-12-19-21-20-15)23-11-5-9-18(23)8-4-10-22(17(18)25)13-14-6-2-1-3-7-14/h1-3,6-7,12H,4-5,8-11,13H2,(H,19,20,21). The van der Waals surface area contributed by atoms with E-state index >= 15 is 0 Å². The van der Waals surface area contributed by atoms with Gasteiger partial charge in [-0.15, -0.1) is 0 Å². The molecule has 0 radical (unpaired) electrons. The van der Waals surface area contributed by atoms with Gasteiger partial charge in [0.2, 0.25) is 5.91 Å². The lowest BCUT2D eigenvalue weighted by Crippen LogP contribution is -2.61. The third-order valence-electron chi connectivity index (χ3n) is 5.29. The summed E-state index contributed by atoms with van der Waals surface area (Å²) in [5.74, 6) is -0.141. The molecule has 1 aromatic carbocycles. The van der Waals surface area contributed by atoms with Gasteiger partial charge in [0.15, 0.2) is 5.69 Å². The summed E-state index contributed by atoms with van der Waals surface area (Å²) in [7, 11) is 0. The Labute approximate surface area is 146 Å². The van der Waals surface area contributed by atoms with E-state index in [1.807, 2.05) is 35.2 Å². The number of nitrogens with zero attached hydrogens (tertiary/aromatic N) is 4. The molecule has 2 aliphatic heterocycles. The number of nitrogens with one attached hydrogen (secondary N) is 1. The van der Waals surface area contributed by atoms with Crippen molar-refractivity contribution < 1.29 is 9.59 Å². The van der Waals surface area contributed by atoms with Crippen LogP contribution in [0.2, 0.25) is 0 Å². The molecule has 4 rings (SSSR count). The molecular weight excluding hydrogens is 318 g/mol. The van der Waals surface area contributed by atoms with Gasteiger partial charge in [-0.05, 0) is 31.2 Å². The average molecular weight is 339 g/mol. The Hall–Kier alpha value is -2.70. The fourth-order valence-corrected chi connectivity index (χ4v) is 4.12. The Morgan fingerprint density at radius 2 is 1.92 bits per heavy atom. The zero-order valence-corrected chi connectivity index (χ0v) is 14.0. The molecule has 1 unspecified atom stereocenters. The molecule has 2 fully saturated rings. The molecule has 1 N–H and O–H groups in total. The predicted molar refractivity (Wildman–Crippen MR) is 90.5 cm³/mol. The van der Waals surface area contributed by atoms with Crippen LogP contribution in [0.4, 0.5) is 0 Å². The Morgan fingerprint density at radius 3 is 2.64 bits per heavy atom. The van der Waals surface area contributed by atoms with Gasteiger partial charge < -0.3 is 9.80 Å². The topological polar surface area (TPSA) is 82.2 Å². The van der Waals surface area contributed by atoms with Crippen molar-refractivity contribution in [3.05, 3.63) is 47.8 Å². The first-order chi connectivity index (χ1) is 12.2. The fourth-order valence-electron chi connectivity index (χ4n) is 4.12. The number of amides is 2. The molecule has 25 heavy (non-hydrogen) atoms. The maximum absolute atomic E-state index is 13.3. The van der Waals surface area contributed by atoms with Crippen LogP contribution < -0.4 is 0 Å². The molecule has 1 spiro atoms. The van der Waals surface area contributed by atoms with E-state index in [9.17, 15) is 9.59 Å². The lowest BCUT2D eigenvalue weighted by atomic mass is 9.85. The maximum Gasteiger partial charge on any atom is 0.276 e. The van der Waals surface area contributed by atoms with Crippen molar-refractivity contribution in [1.82, 2.24) is 25.2 Å². The van der Waals surface area contributed by atoms with Crippen LogP contribution in [-0.4, -0.2) is 55.7 Å². The van der Waals surface area contributed by atoms with Crippen molar-refractivity contribution in [1.29, 1.82) is 0 Å². The van der Waals surface area contributed by atoms with Crippen LogP contribution in [0.25, 0.3) is 0 Å². The zero-order chi connectivity index (χ0) is 17.3. The van der Waals surface area contributed by atoms with Crippen LogP contribution in [0.1, 0.15) is 41.7 Å². The van der Waals surface area contributed by atoms with Crippen LogP contribution in [0.15, 0.2) is 36.5 Å². The van der Waals surface area contributed by atoms with Gasteiger partial charge in [0.1, 0.15) is 5.54 Å². The summed E-state index contributed by atoms with van der Waals surface area (Å²) < 4.78 is 0. The largest absolute Gasteiger partial charge is 0.336 e. The van der Waals surface area contributed by atoms with Crippen molar-refractivity contribution in [2.24, 2.45) is 0 Å². The van der Waals surface area contributed by atoms with Gasteiger partial charge in [-0.3, -0.25) is 9.59 Å². The molecular formula is C18H21N5O2. The van der Waals surface area contributed by atoms with E-state index < -0.39 is 5.54 Å². The SMILES string of the molecule is O=C(c1cn[nH]n1)N1CCCC12CCCN(Cc1ccccc1)C2=O. The van der Waals surface area contributed by atoms with Gasteiger partial charge >= 0.3 is 0 Å². The molecule has 2 aliphatic rings. The molecule has 0 bridgehead atoms. The molecule has 7 nitrogen and oxygen atoms in total. The summed E-state index contributed by atoms with van der Waals surface area (Å²) in [5.41, 5.74) is 0.665. The zero-order valence-electron chi connectivity index (χ0n) is 14.0. The monoisotopic (exact) mass is 339 g/mol. The van der Waals surface area contributed by atoms with E-state index in [4.69, 9.17) is 0 Å². The number of hydrogen-bond acceptors (Lipinski definition) is 4. The molecule has 0 saturated carbocycles. The summed E-state index contributed by atoms with van der Waals surface area (Å²) in [6, 6.07) is 9.99. The summed E-state index contributed by atoms with van der Waals surface area (Å²) in [5, 5.41) is 10.1. The molecule has 1 atom stereocenters. The smallest absolute Gasteiger partial charge is 0.276 e. The predicted octanol–water partition coefficient (Wildman–Crippen LogP) is 1.60. The van der Waals surface area contributed by atoms with E-state index in [1.54, 1.807) is 4.90 Å². The number of likely N-dealkylation sites (tertiary alicyclic amines) is 2. The number of benzene rings is 1. The molecule has 2 aromatic rings. The summed E-state index contributed by atoms with van der Waals surface area (Å²) in [4.78, 5) is 29.8. The second-order valence-electron chi connectivity index (χ2n) is 6.76. The van der Waals surface area contributed by atoms with Gasteiger partial charge in [0.05, 0.1) is 6.20 Å². The Kier molecular flexibility index (Phi) is 3.99.